The van der Waals surface area contributed by atoms with Crippen LogP contribution < -0.4 is 0 Å². The first-order valence-corrected chi connectivity index (χ1v) is 7.69. The summed E-state index contributed by atoms with van der Waals surface area (Å²) in [5, 5.41) is 5.55. The number of halogens is 3. The number of oxime groups is 1. The lowest BCUT2D eigenvalue weighted by Crippen LogP contribution is -2.17. The summed E-state index contributed by atoms with van der Waals surface area (Å²) in [7, 11) is 3.97. The van der Waals surface area contributed by atoms with Gasteiger partial charge in [-0.05, 0) is 32.3 Å². The van der Waals surface area contributed by atoms with E-state index in [2.05, 4.69) is 5.16 Å². The van der Waals surface area contributed by atoms with Gasteiger partial charge in [-0.15, -0.1) is 12.4 Å². The van der Waals surface area contributed by atoms with Crippen LogP contribution in [0.5, 0.6) is 0 Å². The topological polar surface area (TPSA) is 24.8 Å². The Morgan fingerprint density at radius 3 is 2.48 bits per heavy atom. The van der Waals surface area contributed by atoms with Gasteiger partial charge in [-0.3, -0.25) is 0 Å². The highest BCUT2D eigenvalue weighted by Crippen LogP contribution is 2.22. The van der Waals surface area contributed by atoms with E-state index in [1.807, 2.05) is 67.5 Å². The fourth-order valence-electron chi connectivity index (χ4n) is 1.88. The van der Waals surface area contributed by atoms with Crippen molar-refractivity contribution >= 4 is 41.3 Å². The Bertz CT molecular complexity index is 660. The molecule has 0 spiro atoms. The molecule has 0 atom stereocenters. The summed E-state index contributed by atoms with van der Waals surface area (Å²) in [4.78, 5) is 7.49. The molecule has 6 heteroatoms. The SMILES string of the molecule is CN(C)CCO/N=C(\c1cccc(Cl)c1)c1ccccc1Cl.Cl. The Kier molecular flexibility index (Phi) is 8.42. The summed E-state index contributed by atoms with van der Waals surface area (Å²) in [6.07, 6.45) is 0. The molecule has 3 nitrogen and oxygen atoms in total. The molecule has 23 heavy (non-hydrogen) atoms. The van der Waals surface area contributed by atoms with Gasteiger partial charge in [0.05, 0.1) is 5.02 Å². The maximum Gasteiger partial charge on any atom is 0.129 e. The molecule has 0 bridgehead atoms. The lowest BCUT2D eigenvalue weighted by atomic mass is 10.0. The van der Waals surface area contributed by atoms with Crippen molar-refractivity contribution in [2.75, 3.05) is 27.2 Å². The van der Waals surface area contributed by atoms with E-state index >= 15 is 0 Å². The minimum absolute atomic E-state index is 0. The lowest BCUT2D eigenvalue weighted by Gasteiger charge is -2.11. The quantitative estimate of drug-likeness (QED) is 0.415. The number of hydrogen-bond donors (Lipinski definition) is 0. The van der Waals surface area contributed by atoms with Crippen LogP contribution in [0.1, 0.15) is 11.1 Å². The van der Waals surface area contributed by atoms with Gasteiger partial charge in [0, 0.05) is 22.7 Å². The van der Waals surface area contributed by atoms with Crippen LogP contribution in [0.4, 0.5) is 0 Å². The van der Waals surface area contributed by atoms with Crippen LogP contribution in [-0.2, 0) is 4.84 Å². The molecule has 0 aromatic heterocycles. The first-order valence-electron chi connectivity index (χ1n) is 6.93. The van der Waals surface area contributed by atoms with E-state index in [-0.39, 0.29) is 12.4 Å². The number of nitrogens with zero attached hydrogens (tertiary/aromatic N) is 2. The molecule has 0 N–H and O–H groups in total. The van der Waals surface area contributed by atoms with Crippen molar-refractivity contribution in [2.45, 2.75) is 0 Å². The fourth-order valence-corrected chi connectivity index (χ4v) is 2.30. The molecule has 2 rings (SSSR count). The molecular formula is C17H19Cl3N2O. The molecule has 0 unspecified atom stereocenters. The largest absolute Gasteiger partial charge is 0.394 e. The van der Waals surface area contributed by atoms with Gasteiger partial charge in [-0.25, -0.2) is 0 Å². The van der Waals surface area contributed by atoms with Crippen LogP contribution in [-0.4, -0.2) is 37.9 Å². The molecule has 0 saturated heterocycles. The second-order valence-corrected chi connectivity index (χ2v) is 5.91. The van der Waals surface area contributed by atoms with Gasteiger partial charge in [-0.2, -0.15) is 0 Å². The van der Waals surface area contributed by atoms with E-state index in [1.165, 1.54) is 0 Å². The molecule has 0 saturated carbocycles. The van der Waals surface area contributed by atoms with Crippen molar-refractivity contribution in [3.63, 3.8) is 0 Å². The number of rotatable bonds is 6. The predicted octanol–water partition coefficient (Wildman–Crippen LogP) is 4.75. The summed E-state index contributed by atoms with van der Waals surface area (Å²) in [6.45, 7) is 1.29. The molecule has 0 radical (unpaired) electrons. The van der Waals surface area contributed by atoms with Gasteiger partial charge in [0.15, 0.2) is 0 Å². The van der Waals surface area contributed by atoms with Crippen LogP contribution in [0.25, 0.3) is 0 Å². The van der Waals surface area contributed by atoms with Crippen LogP contribution >= 0.6 is 35.6 Å². The Balaban J connectivity index is 0.00000264. The standard InChI is InChI=1S/C17H18Cl2N2O.ClH/c1-21(2)10-11-22-20-17(13-6-5-7-14(18)12-13)15-8-3-4-9-16(15)19;/h3-9,12H,10-11H2,1-2H3;1H/b20-17+;. The third-order valence-corrected chi connectivity index (χ3v) is 3.58. The van der Waals surface area contributed by atoms with E-state index in [9.17, 15) is 0 Å². The maximum absolute atomic E-state index is 6.29. The molecule has 2 aromatic rings. The summed E-state index contributed by atoms with van der Waals surface area (Å²) >= 11 is 12.4. The average molecular weight is 374 g/mol. The van der Waals surface area contributed by atoms with E-state index < -0.39 is 0 Å². The molecule has 0 aliphatic carbocycles. The van der Waals surface area contributed by atoms with Crippen LogP contribution in [0, 0.1) is 0 Å². The van der Waals surface area contributed by atoms with Gasteiger partial charge in [0.1, 0.15) is 12.3 Å². The highest BCUT2D eigenvalue weighted by molar-refractivity contribution is 6.36. The molecule has 0 aliphatic rings. The van der Waals surface area contributed by atoms with Crippen molar-refractivity contribution in [1.29, 1.82) is 0 Å². The third-order valence-electron chi connectivity index (χ3n) is 3.01. The first kappa shape index (κ1) is 19.8. The summed E-state index contributed by atoms with van der Waals surface area (Å²) < 4.78 is 0. The number of hydrogen-bond acceptors (Lipinski definition) is 3. The monoisotopic (exact) mass is 372 g/mol. The van der Waals surface area contributed by atoms with Gasteiger partial charge < -0.3 is 9.74 Å². The third kappa shape index (κ3) is 6.04. The zero-order chi connectivity index (χ0) is 15.9. The lowest BCUT2D eigenvalue weighted by molar-refractivity contribution is 0.126. The predicted molar refractivity (Wildman–Crippen MR) is 100 cm³/mol. The minimum atomic E-state index is 0. The van der Waals surface area contributed by atoms with Crippen molar-refractivity contribution in [3.05, 3.63) is 69.7 Å². The van der Waals surface area contributed by atoms with Crippen LogP contribution in [0.3, 0.4) is 0 Å². The summed E-state index contributed by atoms with van der Waals surface area (Å²) in [5.74, 6) is 0. The Hall–Kier alpha value is -1.26. The number of likely N-dealkylation sites (N-methyl/N-ethyl adjacent to an activating group) is 1. The average Bonchev–Trinajstić information content (AvgIpc) is 2.48. The summed E-state index contributed by atoms with van der Waals surface area (Å²) in [6, 6.07) is 15.0. The van der Waals surface area contributed by atoms with Gasteiger partial charge in [0.2, 0.25) is 0 Å². The molecule has 124 valence electrons. The van der Waals surface area contributed by atoms with Gasteiger partial charge in [-0.1, -0.05) is 58.7 Å². The number of benzene rings is 2. The van der Waals surface area contributed by atoms with Crippen molar-refractivity contribution in [3.8, 4) is 0 Å². The molecule has 0 fully saturated rings. The minimum Gasteiger partial charge on any atom is -0.394 e. The Labute approximate surface area is 153 Å². The fraction of sp³-hybridized carbons (Fsp3) is 0.235. The normalized spacial score (nSPS) is 11.3. The van der Waals surface area contributed by atoms with Crippen LogP contribution in [0.2, 0.25) is 10.0 Å². The first-order chi connectivity index (χ1) is 10.6. The van der Waals surface area contributed by atoms with Crippen molar-refractivity contribution < 1.29 is 4.84 Å². The van der Waals surface area contributed by atoms with E-state index in [1.54, 1.807) is 0 Å². The van der Waals surface area contributed by atoms with E-state index in [0.29, 0.717) is 22.4 Å². The Morgan fingerprint density at radius 1 is 1.09 bits per heavy atom. The second kappa shape index (κ2) is 9.78. The Morgan fingerprint density at radius 2 is 1.83 bits per heavy atom. The zero-order valence-electron chi connectivity index (χ0n) is 13.0. The molecule has 0 aliphatic heterocycles. The summed E-state index contributed by atoms with van der Waals surface area (Å²) in [5.41, 5.74) is 2.36. The highest BCUT2D eigenvalue weighted by atomic mass is 35.5. The zero-order valence-corrected chi connectivity index (χ0v) is 15.3. The molecule has 0 amide bonds. The molecular weight excluding hydrogens is 355 g/mol. The van der Waals surface area contributed by atoms with Crippen LogP contribution in [0.15, 0.2) is 53.7 Å². The van der Waals surface area contributed by atoms with Crippen molar-refractivity contribution in [2.24, 2.45) is 5.16 Å². The maximum atomic E-state index is 6.29. The van der Waals surface area contributed by atoms with E-state index in [4.69, 9.17) is 28.0 Å². The molecule has 0 heterocycles. The van der Waals surface area contributed by atoms with Gasteiger partial charge >= 0.3 is 0 Å². The van der Waals surface area contributed by atoms with Crippen molar-refractivity contribution in [1.82, 2.24) is 4.90 Å². The smallest absolute Gasteiger partial charge is 0.129 e. The second-order valence-electron chi connectivity index (χ2n) is 5.07. The van der Waals surface area contributed by atoms with Gasteiger partial charge in [0.25, 0.3) is 0 Å². The molecule has 2 aromatic carbocycles. The highest BCUT2D eigenvalue weighted by Gasteiger charge is 2.12. The van der Waals surface area contributed by atoms with E-state index in [0.717, 1.165) is 17.7 Å².